The maximum atomic E-state index is 13.3. The second-order valence-corrected chi connectivity index (χ2v) is 7.18. The van der Waals surface area contributed by atoms with Gasteiger partial charge in [-0.3, -0.25) is 4.79 Å². The first kappa shape index (κ1) is 17.5. The summed E-state index contributed by atoms with van der Waals surface area (Å²) in [6.45, 7) is 3.11. The fourth-order valence-electron chi connectivity index (χ4n) is 3.70. The number of para-hydroxylation sites is 1. The molecule has 0 unspecified atom stereocenters. The molecule has 0 spiro atoms. The van der Waals surface area contributed by atoms with Gasteiger partial charge in [-0.25, -0.2) is 14.7 Å². The monoisotopic (exact) mass is 365 g/mol. The van der Waals surface area contributed by atoms with Crippen LogP contribution in [0.25, 0.3) is 0 Å². The number of piperidine rings is 1. The van der Waals surface area contributed by atoms with Gasteiger partial charge in [0.15, 0.2) is 5.82 Å². The normalized spacial score (nSPS) is 22.3. The van der Waals surface area contributed by atoms with Crippen LogP contribution in [0.5, 0.6) is 0 Å². The van der Waals surface area contributed by atoms with Crippen LogP contribution >= 0.6 is 0 Å². The van der Waals surface area contributed by atoms with Crippen LogP contribution in [0, 0.1) is 0 Å². The van der Waals surface area contributed by atoms with Crippen LogP contribution in [0.15, 0.2) is 42.6 Å². The number of aromatic nitrogens is 1. The summed E-state index contributed by atoms with van der Waals surface area (Å²) in [4.78, 5) is 34.0. The second-order valence-electron chi connectivity index (χ2n) is 7.18. The first-order valence-electron chi connectivity index (χ1n) is 9.21. The van der Waals surface area contributed by atoms with E-state index < -0.39 is 0 Å². The van der Waals surface area contributed by atoms with Crippen molar-refractivity contribution >= 4 is 29.1 Å². The molecule has 0 aliphatic carbocycles. The van der Waals surface area contributed by atoms with E-state index >= 15 is 0 Å². The van der Waals surface area contributed by atoms with Crippen molar-refractivity contribution < 1.29 is 9.59 Å². The Morgan fingerprint density at radius 2 is 2.07 bits per heavy atom. The Kier molecular flexibility index (Phi) is 4.53. The summed E-state index contributed by atoms with van der Waals surface area (Å²) in [5, 5.41) is 6.00. The third kappa shape index (κ3) is 3.26. The molecule has 2 atom stereocenters. The number of likely N-dealkylation sites (tertiary alicyclic amines) is 1. The van der Waals surface area contributed by atoms with Crippen molar-refractivity contribution in [2.45, 2.75) is 31.8 Å². The molecule has 140 valence electrons. The van der Waals surface area contributed by atoms with Gasteiger partial charge in [0.1, 0.15) is 0 Å². The molecule has 27 heavy (non-hydrogen) atoms. The van der Waals surface area contributed by atoms with E-state index in [0.717, 1.165) is 19.4 Å². The Bertz CT molecular complexity index is 884. The number of hydrogen-bond acceptors (Lipinski definition) is 4. The molecule has 0 saturated carbocycles. The van der Waals surface area contributed by atoms with Crippen molar-refractivity contribution in [2.24, 2.45) is 0 Å². The number of amides is 3. The topological polar surface area (TPSA) is 77.6 Å². The maximum absolute atomic E-state index is 13.3. The molecular formula is C20H23N5O2. The molecule has 3 heterocycles. The second kappa shape index (κ2) is 7.00. The van der Waals surface area contributed by atoms with E-state index in [9.17, 15) is 9.59 Å². The lowest BCUT2D eigenvalue weighted by atomic mass is 9.99. The van der Waals surface area contributed by atoms with Crippen molar-refractivity contribution in [3.8, 4) is 0 Å². The van der Waals surface area contributed by atoms with Crippen LogP contribution in [0.3, 0.4) is 0 Å². The number of carbonyl (C=O) groups excluding carboxylic acids is 2. The van der Waals surface area contributed by atoms with Crippen molar-refractivity contribution in [1.29, 1.82) is 0 Å². The first-order valence-corrected chi connectivity index (χ1v) is 9.21. The van der Waals surface area contributed by atoms with Gasteiger partial charge in [-0.15, -0.1) is 0 Å². The standard InChI is InChI=1S/C20H23N5O2/c1-13-12-14(9-11-24(13)2)22-20(27)25-17-8-4-3-6-15(17)19(26)23-16-7-5-10-21-18(16)25/h3-8,10,13-14H,9,11-12H2,1-2H3,(H,22,27)(H,23,26)/t13-,14+/m0/s1. The number of nitrogens with one attached hydrogen (secondary N) is 2. The summed E-state index contributed by atoms with van der Waals surface area (Å²) >= 11 is 0. The van der Waals surface area contributed by atoms with E-state index in [4.69, 9.17) is 0 Å². The van der Waals surface area contributed by atoms with Gasteiger partial charge in [-0.05, 0) is 51.1 Å². The van der Waals surface area contributed by atoms with Crippen molar-refractivity contribution in [2.75, 3.05) is 23.8 Å². The molecule has 7 nitrogen and oxygen atoms in total. The van der Waals surface area contributed by atoms with Gasteiger partial charge in [-0.2, -0.15) is 0 Å². The number of hydrogen-bond donors (Lipinski definition) is 2. The van der Waals surface area contributed by atoms with E-state index in [0.29, 0.717) is 28.8 Å². The number of fused-ring (bicyclic) bond motifs is 2. The number of rotatable bonds is 1. The quantitative estimate of drug-likeness (QED) is 0.814. The molecule has 1 aromatic heterocycles. The minimum absolute atomic E-state index is 0.0925. The fourth-order valence-corrected chi connectivity index (χ4v) is 3.70. The molecule has 1 aromatic carbocycles. The Morgan fingerprint density at radius 1 is 1.26 bits per heavy atom. The lowest BCUT2D eigenvalue weighted by molar-refractivity contribution is 0.102. The van der Waals surface area contributed by atoms with Gasteiger partial charge in [0.05, 0.1) is 16.9 Å². The highest BCUT2D eigenvalue weighted by atomic mass is 16.2. The predicted octanol–water partition coefficient (Wildman–Crippen LogP) is 2.98. The van der Waals surface area contributed by atoms with Gasteiger partial charge in [0, 0.05) is 24.8 Å². The van der Waals surface area contributed by atoms with E-state index in [-0.39, 0.29) is 18.0 Å². The van der Waals surface area contributed by atoms with Crippen molar-refractivity contribution in [3.05, 3.63) is 48.2 Å². The Morgan fingerprint density at radius 3 is 2.89 bits per heavy atom. The first-order chi connectivity index (χ1) is 13.0. The minimum atomic E-state index is -0.263. The molecular weight excluding hydrogens is 342 g/mol. The van der Waals surface area contributed by atoms with Crippen LogP contribution in [-0.2, 0) is 0 Å². The largest absolute Gasteiger partial charge is 0.335 e. The number of carbonyl (C=O) groups is 2. The maximum Gasteiger partial charge on any atom is 0.328 e. The summed E-state index contributed by atoms with van der Waals surface area (Å²) in [6.07, 6.45) is 3.41. The molecule has 3 amide bonds. The third-order valence-electron chi connectivity index (χ3n) is 5.38. The molecule has 2 aromatic rings. The Hall–Kier alpha value is -2.93. The summed E-state index contributed by atoms with van der Waals surface area (Å²) in [6, 6.07) is 10.8. The number of benzene rings is 1. The molecule has 2 aliphatic rings. The third-order valence-corrected chi connectivity index (χ3v) is 5.38. The van der Waals surface area contributed by atoms with Gasteiger partial charge in [0.25, 0.3) is 5.91 Å². The zero-order chi connectivity index (χ0) is 19.0. The van der Waals surface area contributed by atoms with Crippen LogP contribution < -0.4 is 15.5 Å². The molecule has 0 bridgehead atoms. The zero-order valence-corrected chi connectivity index (χ0v) is 15.5. The lowest BCUT2D eigenvalue weighted by Crippen LogP contribution is -2.50. The van der Waals surface area contributed by atoms with Crippen molar-refractivity contribution in [3.63, 3.8) is 0 Å². The van der Waals surface area contributed by atoms with Gasteiger partial charge in [0.2, 0.25) is 0 Å². The average Bonchev–Trinajstić information content (AvgIpc) is 2.79. The van der Waals surface area contributed by atoms with Crippen LogP contribution in [0.1, 0.15) is 30.1 Å². The molecule has 4 rings (SSSR count). The highest BCUT2D eigenvalue weighted by Gasteiger charge is 2.32. The lowest BCUT2D eigenvalue weighted by Gasteiger charge is -2.36. The molecule has 7 heteroatoms. The van der Waals surface area contributed by atoms with Gasteiger partial charge in [-0.1, -0.05) is 12.1 Å². The van der Waals surface area contributed by atoms with Crippen LogP contribution in [0.4, 0.5) is 22.0 Å². The number of pyridine rings is 1. The number of anilines is 3. The van der Waals surface area contributed by atoms with E-state index in [1.54, 1.807) is 36.5 Å². The van der Waals surface area contributed by atoms with Gasteiger partial charge >= 0.3 is 6.03 Å². The molecule has 1 fully saturated rings. The van der Waals surface area contributed by atoms with Gasteiger partial charge < -0.3 is 15.5 Å². The summed E-state index contributed by atoms with van der Waals surface area (Å²) in [5.41, 5.74) is 1.50. The SMILES string of the molecule is C[C@H]1C[C@H](NC(=O)N2c3ccccc3C(=O)Nc3cccnc32)CCN1C. The summed E-state index contributed by atoms with van der Waals surface area (Å²) in [7, 11) is 2.10. The molecule has 2 N–H and O–H groups in total. The predicted molar refractivity (Wildman–Crippen MR) is 104 cm³/mol. The van der Waals surface area contributed by atoms with Crippen LogP contribution in [-0.4, -0.2) is 47.5 Å². The van der Waals surface area contributed by atoms with Crippen LogP contribution in [0.2, 0.25) is 0 Å². The summed E-state index contributed by atoms with van der Waals surface area (Å²) < 4.78 is 0. The van der Waals surface area contributed by atoms with Crippen molar-refractivity contribution in [1.82, 2.24) is 15.2 Å². The Balaban J connectivity index is 1.70. The Labute approximate surface area is 158 Å². The average molecular weight is 365 g/mol. The van der Waals surface area contributed by atoms with E-state index in [2.05, 4.69) is 34.5 Å². The fraction of sp³-hybridized carbons (Fsp3) is 0.350. The molecule has 1 saturated heterocycles. The smallest absolute Gasteiger partial charge is 0.328 e. The van der Waals surface area contributed by atoms with E-state index in [1.807, 2.05) is 6.07 Å². The number of nitrogens with zero attached hydrogens (tertiary/aromatic N) is 3. The summed E-state index contributed by atoms with van der Waals surface area (Å²) in [5.74, 6) is 0.178. The molecule has 2 aliphatic heterocycles. The zero-order valence-electron chi connectivity index (χ0n) is 15.5. The number of urea groups is 1. The van der Waals surface area contributed by atoms with E-state index in [1.165, 1.54) is 4.90 Å². The minimum Gasteiger partial charge on any atom is -0.335 e. The highest BCUT2D eigenvalue weighted by molar-refractivity contribution is 6.16. The molecule has 0 radical (unpaired) electrons. The highest BCUT2D eigenvalue weighted by Crippen LogP contribution is 2.36.